The zero-order chi connectivity index (χ0) is 12.4. The first-order chi connectivity index (χ1) is 7.21. The lowest BCUT2D eigenvalue weighted by molar-refractivity contribution is -0.0000102. The van der Waals surface area contributed by atoms with Gasteiger partial charge >= 0.3 is 0 Å². The molecule has 1 rings (SSSR count). The minimum absolute atomic E-state index is 0. The highest BCUT2D eigenvalue weighted by atomic mass is 79.9. The summed E-state index contributed by atoms with van der Waals surface area (Å²) in [6.45, 7) is 8.63. The Balaban J connectivity index is 0.00000256. The Labute approximate surface area is 118 Å². The van der Waals surface area contributed by atoms with Crippen molar-refractivity contribution >= 4 is 15.9 Å². The second kappa shape index (κ2) is 6.19. The number of β-amino-alcohol motifs (C(OH)–C–C–N with tert-alkyl or cyclic N) is 1. The van der Waals surface area contributed by atoms with Crippen LogP contribution in [-0.4, -0.2) is 17.2 Å². The van der Waals surface area contributed by atoms with E-state index in [9.17, 15) is 5.11 Å². The van der Waals surface area contributed by atoms with Crippen LogP contribution in [-0.2, 0) is 5.60 Å². The van der Waals surface area contributed by atoms with Crippen molar-refractivity contribution in [3.8, 4) is 0 Å². The van der Waals surface area contributed by atoms with Crippen molar-refractivity contribution < 1.29 is 17.5 Å². The third-order valence-corrected chi connectivity index (χ3v) is 2.96. The molecule has 4 heteroatoms. The van der Waals surface area contributed by atoms with E-state index in [4.69, 9.17) is 0 Å². The number of hydrogen-bond donors (Lipinski definition) is 2. The van der Waals surface area contributed by atoms with Gasteiger partial charge < -0.3 is 22.8 Å². The Kier molecular flexibility index (Phi) is 6.15. The zero-order valence-corrected chi connectivity index (χ0v) is 13.1. The van der Waals surface area contributed by atoms with Gasteiger partial charge in [0, 0.05) is 16.6 Å². The summed E-state index contributed by atoms with van der Waals surface area (Å²) >= 11 is 3.39. The lowest BCUT2D eigenvalue weighted by atomic mass is 9.95. The van der Waals surface area contributed by atoms with Crippen LogP contribution in [0.4, 0.5) is 0 Å². The second-order valence-corrected chi connectivity index (χ2v) is 6.30. The smallest absolute Gasteiger partial charge is 0.0992 e. The molecule has 0 saturated heterocycles. The van der Waals surface area contributed by atoms with E-state index in [1.165, 1.54) is 0 Å². The Morgan fingerprint density at radius 3 is 2.00 bits per heavy atom. The Hall–Kier alpha value is -0.0900. The van der Waals surface area contributed by atoms with Crippen LogP contribution in [0.15, 0.2) is 28.7 Å². The Morgan fingerprint density at radius 2 is 1.59 bits per heavy atom. The van der Waals surface area contributed by atoms with Crippen LogP contribution in [0.5, 0.6) is 0 Å². The molecule has 0 fully saturated rings. The highest BCUT2D eigenvalue weighted by molar-refractivity contribution is 9.10. The minimum Gasteiger partial charge on any atom is -1.00 e. The van der Waals surface area contributed by atoms with Crippen LogP contribution in [0.2, 0.25) is 0 Å². The molecule has 0 aliphatic rings. The minimum atomic E-state index is -0.839. The second-order valence-electron chi connectivity index (χ2n) is 5.38. The summed E-state index contributed by atoms with van der Waals surface area (Å²) in [4.78, 5) is 0. The average molecular weight is 322 g/mol. The van der Waals surface area contributed by atoms with E-state index in [0.29, 0.717) is 6.54 Å². The Morgan fingerprint density at radius 1 is 1.12 bits per heavy atom. The fourth-order valence-corrected chi connectivity index (χ4v) is 1.61. The van der Waals surface area contributed by atoms with Crippen molar-refractivity contribution in [3.63, 3.8) is 0 Å². The molecule has 0 saturated carbocycles. The fraction of sp³-hybridized carbons (Fsp3) is 0.538. The van der Waals surface area contributed by atoms with Gasteiger partial charge in [-0.05, 0) is 45.4 Å². The third kappa shape index (κ3) is 5.87. The molecule has 0 aliphatic carbocycles. The van der Waals surface area contributed by atoms with E-state index < -0.39 is 5.60 Å². The molecule has 1 aromatic carbocycles. The van der Waals surface area contributed by atoms with Crippen molar-refractivity contribution in [2.45, 2.75) is 38.8 Å². The first-order valence-electron chi connectivity index (χ1n) is 5.44. The van der Waals surface area contributed by atoms with Gasteiger partial charge in [0.2, 0.25) is 0 Å². The van der Waals surface area contributed by atoms with Crippen LogP contribution in [0, 0.1) is 0 Å². The van der Waals surface area contributed by atoms with E-state index in [0.717, 1.165) is 10.0 Å². The van der Waals surface area contributed by atoms with Crippen molar-refractivity contribution in [2.24, 2.45) is 0 Å². The van der Waals surface area contributed by atoms with Gasteiger partial charge in [-0.3, -0.25) is 0 Å². The van der Waals surface area contributed by atoms with Crippen molar-refractivity contribution in [1.29, 1.82) is 0 Å². The summed E-state index contributed by atoms with van der Waals surface area (Å²) in [7, 11) is 0. The monoisotopic (exact) mass is 320 g/mol. The maximum absolute atomic E-state index is 10.4. The van der Waals surface area contributed by atoms with Crippen molar-refractivity contribution in [1.82, 2.24) is 5.32 Å². The van der Waals surface area contributed by atoms with E-state index in [1.54, 1.807) is 0 Å². The molecular formula is C13H20BrClNO-. The summed E-state index contributed by atoms with van der Waals surface area (Å²) < 4.78 is 1.02. The molecule has 0 radical (unpaired) electrons. The molecule has 0 spiro atoms. The molecule has 1 atom stereocenters. The van der Waals surface area contributed by atoms with Gasteiger partial charge in [-0.25, -0.2) is 0 Å². The molecule has 1 aromatic rings. The topological polar surface area (TPSA) is 32.3 Å². The largest absolute Gasteiger partial charge is 1.00 e. The lowest BCUT2D eigenvalue weighted by Gasteiger charge is -2.29. The van der Waals surface area contributed by atoms with Crippen LogP contribution in [0.3, 0.4) is 0 Å². The van der Waals surface area contributed by atoms with Crippen molar-refractivity contribution in [3.05, 3.63) is 34.3 Å². The van der Waals surface area contributed by atoms with E-state index >= 15 is 0 Å². The quantitative estimate of drug-likeness (QED) is 0.824. The summed E-state index contributed by atoms with van der Waals surface area (Å²) in [5, 5.41) is 13.7. The van der Waals surface area contributed by atoms with Gasteiger partial charge in [0.25, 0.3) is 0 Å². The highest BCUT2D eigenvalue weighted by Crippen LogP contribution is 2.22. The van der Waals surface area contributed by atoms with Crippen LogP contribution in [0.25, 0.3) is 0 Å². The van der Waals surface area contributed by atoms with Crippen LogP contribution in [0.1, 0.15) is 33.3 Å². The first kappa shape index (κ1) is 16.9. The van der Waals surface area contributed by atoms with Gasteiger partial charge in [-0.2, -0.15) is 0 Å². The molecule has 0 amide bonds. The predicted octanol–water partition coefficient (Wildman–Crippen LogP) is 0.0487. The van der Waals surface area contributed by atoms with Gasteiger partial charge in [0.15, 0.2) is 0 Å². The molecule has 0 heterocycles. The maximum atomic E-state index is 10.4. The third-order valence-electron chi connectivity index (χ3n) is 2.43. The number of hydrogen-bond acceptors (Lipinski definition) is 2. The SMILES string of the molecule is CC(C)(C)NCC(C)(O)c1ccc(Br)cc1.[Cl-]. The van der Waals surface area contributed by atoms with E-state index in [-0.39, 0.29) is 17.9 Å². The predicted molar refractivity (Wildman–Crippen MR) is 71.5 cm³/mol. The molecule has 0 aromatic heterocycles. The molecular weight excluding hydrogens is 302 g/mol. The number of aliphatic hydroxyl groups is 1. The average Bonchev–Trinajstić information content (AvgIpc) is 2.15. The molecule has 17 heavy (non-hydrogen) atoms. The fourth-order valence-electron chi connectivity index (χ4n) is 1.35. The molecule has 1 unspecified atom stereocenters. The lowest BCUT2D eigenvalue weighted by Crippen LogP contribution is -3.00. The maximum Gasteiger partial charge on any atom is 0.0992 e. The molecule has 0 aliphatic heterocycles. The van der Waals surface area contributed by atoms with E-state index in [2.05, 4.69) is 42.0 Å². The van der Waals surface area contributed by atoms with Crippen LogP contribution < -0.4 is 17.7 Å². The number of nitrogens with one attached hydrogen (secondary N) is 1. The number of benzene rings is 1. The van der Waals surface area contributed by atoms with Gasteiger partial charge in [0.05, 0.1) is 5.60 Å². The standard InChI is InChI=1S/C13H20BrNO.ClH/c1-12(2,3)15-9-13(4,16)10-5-7-11(14)8-6-10;/h5-8,15-16H,9H2,1-4H3;1H/p-1. The molecule has 0 bridgehead atoms. The highest BCUT2D eigenvalue weighted by Gasteiger charge is 2.24. The van der Waals surface area contributed by atoms with Gasteiger partial charge in [0.1, 0.15) is 0 Å². The molecule has 98 valence electrons. The summed E-state index contributed by atoms with van der Waals surface area (Å²) in [5.41, 5.74) is 0.0975. The molecule has 2 nitrogen and oxygen atoms in total. The summed E-state index contributed by atoms with van der Waals surface area (Å²) in [6, 6.07) is 7.77. The van der Waals surface area contributed by atoms with Crippen molar-refractivity contribution in [2.75, 3.05) is 6.54 Å². The Bertz CT molecular complexity index is 343. The van der Waals surface area contributed by atoms with Gasteiger partial charge in [-0.15, -0.1) is 0 Å². The summed E-state index contributed by atoms with van der Waals surface area (Å²) in [5.74, 6) is 0. The normalized spacial score (nSPS) is 14.9. The zero-order valence-electron chi connectivity index (χ0n) is 10.7. The molecule has 2 N–H and O–H groups in total. The van der Waals surface area contributed by atoms with E-state index in [1.807, 2.05) is 31.2 Å². The first-order valence-corrected chi connectivity index (χ1v) is 6.23. The number of rotatable bonds is 3. The van der Waals surface area contributed by atoms with Gasteiger partial charge in [-0.1, -0.05) is 28.1 Å². The number of halogens is 2. The summed E-state index contributed by atoms with van der Waals surface area (Å²) in [6.07, 6.45) is 0. The van der Waals surface area contributed by atoms with Crippen LogP contribution >= 0.6 is 15.9 Å².